The van der Waals surface area contributed by atoms with Crippen molar-refractivity contribution in [1.29, 1.82) is 0 Å². The maximum atomic E-state index is 6.01. The molecule has 0 amide bonds. The molecular formula is C13H29N3. The smallest absolute Gasteiger partial charge is 0.0327 e. The molecule has 16 heavy (non-hydrogen) atoms. The van der Waals surface area contributed by atoms with Crippen LogP contribution in [0.5, 0.6) is 0 Å². The van der Waals surface area contributed by atoms with E-state index in [1.807, 2.05) is 0 Å². The molecule has 0 saturated carbocycles. The van der Waals surface area contributed by atoms with Gasteiger partial charge in [0.25, 0.3) is 0 Å². The zero-order valence-corrected chi connectivity index (χ0v) is 11.7. The summed E-state index contributed by atoms with van der Waals surface area (Å²) in [6.07, 6.45) is 1.23. The van der Waals surface area contributed by atoms with Gasteiger partial charge in [-0.25, -0.2) is 0 Å². The summed E-state index contributed by atoms with van der Waals surface area (Å²) in [7, 11) is 2.24. The van der Waals surface area contributed by atoms with E-state index in [9.17, 15) is 0 Å². The second-order valence-corrected chi connectivity index (χ2v) is 5.70. The van der Waals surface area contributed by atoms with Crippen LogP contribution in [0.2, 0.25) is 0 Å². The molecule has 1 heterocycles. The van der Waals surface area contributed by atoms with E-state index >= 15 is 0 Å². The second kappa shape index (κ2) is 5.48. The third-order valence-corrected chi connectivity index (χ3v) is 4.63. The number of hydrogen-bond acceptors (Lipinski definition) is 3. The molecule has 0 aliphatic carbocycles. The molecule has 1 aliphatic rings. The monoisotopic (exact) mass is 227 g/mol. The number of nitrogens with two attached hydrogens (primary N) is 1. The topological polar surface area (TPSA) is 32.5 Å². The molecule has 0 radical (unpaired) electrons. The summed E-state index contributed by atoms with van der Waals surface area (Å²) in [5.74, 6) is 0.610. The largest absolute Gasteiger partial charge is 0.329 e. The molecule has 2 N–H and O–H groups in total. The minimum atomic E-state index is 0.161. The highest BCUT2D eigenvalue weighted by Crippen LogP contribution is 2.26. The number of piperazine rings is 1. The van der Waals surface area contributed by atoms with Gasteiger partial charge in [-0.3, -0.25) is 4.90 Å². The molecule has 0 bridgehead atoms. The van der Waals surface area contributed by atoms with Gasteiger partial charge in [0.15, 0.2) is 0 Å². The quantitative estimate of drug-likeness (QED) is 0.788. The predicted octanol–water partition coefficient (Wildman–Crippen LogP) is 1.39. The van der Waals surface area contributed by atoms with Crippen molar-refractivity contribution in [3.63, 3.8) is 0 Å². The van der Waals surface area contributed by atoms with E-state index in [0.717, 1.165) is 13.1 Å². The average molecular weight is 227 g/mol. The number of rotatable bonds is 4. The Bertz CT molecular complexity index is 217. The Morgan fingerprint density at radius 2 is 2.00 bits per heavy atom. The zero-order valence-electron chi connectivity index (χ0n) is 11.7. The van der Waals surface area contributed by atoms with Gasteiger partial charge < -0.3 is 10.6 Å². The Kier molecular flexibility index (Phi) is 4.77. The Morgan fingerprint density at radius 1 is 1.38 bits per heavy atom. The molecule has 2 atom stereocenters. The fourth-order valence-electron chi connectivity index (χ4n) is 2.58. The van der Waals surface area contributed by atoms with E-state index < -0.39 is 0 Å². The highest BCUT2D eigenvalue weighted by atomic mass is 15.3. The van der Waals surface area contributed by atoms with Crippen molar-refractivity contribution in [2.75, 3.05) is 33.2 Å². The molecule has 0 spiro atoms. The first-order valence-electron chi connectivity index (χ1n) is 6.61. The van der Waals surface area contributed by atoms with E-state index in [-0.39, 0.29) is 5.54 Å². The lowest BCUT2D eigenvalue weighted by atomic mass is 9.85. The van der Waals surface area contributed by atoms with Crippen LogP contribution in [0.25, 0.3) is 0 Å². The summed E-state index contributed by atoms with van der Waals surface area (Å²) in [5.41, 5.74) is 6.17. The van der Waals surface area contributed by atoms with Crippen LogP contribution in [0.4, 0.5) is 0 Å². The lowest BCUT2D eigenvalue weighted by Gasteiger charge is -2.50. The Hall–Kier alpha value is -0.120. The Balaban J connectivity index is 2.73. The molecule has 1 aliphatic heterocycles. The van der Waals surface area contributed by atoms with Crippen LogP contribution in [-0.4, -0.2) is 54.6 Å². The zero-order chi connectivity index (χ0) is 12.3. The normalized spacial score (nSPS) is 28.3. The molecule has 3 heteroatoms. The number of likely N-dealkylation sites (N-methyl/N-ethyl adjacent to an activating group) is 1. The Labute approximate surface area is 101 Å². The van der Waals surface area contributed by atoms with Crippen LogP contribution in [0, 0.1) is 5.92 Å². The molecule has 96 valence electrons. The molecule has 2 unspecified atom stereocenters. The first kappa shape index (κ1) is 13.9. The molecule has 0 aromatic rings. The van der Waals surface area contributed by atoms with Gasteiger partial charge in [-0.05, 0) is 26.3 Å². The highest BCUT2D eigenvalue weighted by Gasteiger charge is 2.37. The minimum absolute atomic E-state index is 0.161. The molecule has 0 aromatic heterocycles. The van der Waals surface area contributed by atoms with Crippen molar-refractivity contribution in [3.8, 4) is 0 Å². The first-order chi connectivity index (χ1) is 7.45. The summed E-state index contributed by atoms with van der Waals surface area (Å²) < 4.78 is 0. The molecule has 1 rings (SSSR count). The molecule has 0 aromatic carbocycles. The van der Waals surface area contributed by atoms with Gasteiger partial charge in [-0.1, -0.05) is 20.8 Å². The SMILES string of the molecule is CCC1CN(C(C)(CN)C(C)C)CCN1C. The second-order valence-electron chi connectivity index (χ2n) is 5.70. The van der Waals surface area contributed by atoms with Crippen LogP contribution in [-0.2, 0) is 0 Å². The van der Waals surface area contributed by atoms with E-state index in [1.54, 1.807) is 0 Å². The third-order valence-electron chi connectivity index (χ3n) is 4.63. The van der Waals surface area contributed by atoms with Gasteiger partial charge >= 0.3 is 0 Å². The molecular weight excluding hydrogens is 198 g/mol. The van der Waals surface area contributed by atoms with Gasteiger partial charge in [0, 0.05) is 37.8 Å². The fourth-order valence-corrected chi connectivity index (χ4v) is 2.58. The average Bonchev–Trinajstić information content (AvgIpc) is 2.28. The summed E-state index contributed by atoms with van der Waals surface area (Å²) in [4.78, 5) is 5.08. The first-order valence-corrected chi connectivity index (χ1v) is 6.61. The number of hydrogen-bond donors (Lipinski definition) is 1. The van der Waals surface area contributed by atoms with E-state index in [4.69, 9.17) is 5.73 Å². The standard InChI is InChI=1S/C13H29N3/c1-6-12-9-16(8-7-15(12)5)13(4,10-14)11(2)3/h11-12H,6-10,14H2,1-5H3. The Morgan fingerprint density at radius 3 is 2.44 bits per heavy atom. The van der Waals surface area contributed by atoms with Crippen molar-refractivity contribution in [2.45, 2.75) is 45.7 Å². The fraction of sp³-hybridized carbons (Fsp3) is 1.00. The molecule has 1 fully saturated rings. The van der Waals surface area contributed by atoms with Crippen LogP contribution < -0.4 is 5.73 Å². The van der Waals surface area contributed by atoms with Gasteiger partial charge in [0.2, 0.25) is 0 Å². The van der Waals surface area contributed by atoms with Crippen molar-refractivity contribution >= 4 is 0 Å². The summed E-state index contributed by atoms with van der Waals surface area (Å²) >= 11 is 0. The van der Waals surface area contributed by atoms with Gasteiger partial charge in [-0.15, -0.1) is 0 Å². The maximum Gasteiger partial charge on any atom is 0.0327 e. The van der Waals surface area contributed by atoms with Crippen molar-refractivity contribution in [3.05, 3.63) is 0 Å². The molecule has 3 nitrogen and oxygen atoms in total. The maximum absolute atomic E-state index is 6.01. The van der Waals surface area contributed by atoms with E-state index in [2.05, 4.69) is 44.5 Å². The lowest BCUT2D eigenvalue weighted by molar-refractivity contribution is -0.00221. The molecule has 1 saturated heterocycles. The van der Waals surface area contributed by atoms with Crippen molar-refractivity contribution in [2.24, 2.45) is 11.7 Å². The van der Waals surface area contributed by atoms with Crippen molar-refractivity contribution in [1.82, 2.24) is 9.80 Å². The van der Waals surface area contributed by atoms with E-state index in [0.29, 0.717) is 12.0 Å². The van der Waals surface area contributed by atoms with Gasteiger partial charge in [0.1, 0.15) is 0 Å². The van der Waals surface area contributed by atoms with Crippen molar-refractivity contribution < 1.29 is 0 Å². The third kappa shape index (κ3) is 2.58. The van der Waals surface area contributed by atoms with Gasteiger partial charge in [-0.2, -0.15) is 0 Å². The van der Waals surface area contributed by atoms with Crippen LogP contribution in [0.1, 0.15) is 34.1 Å². The summed E-state index contributed by atoms with van der Waals surface area (Å²) in [5, 5.41) is 0. The van der Waals surface area contributed by atoms with Crippen LogP contribution in [0.15, 0.2) is 0 Å². The summed E-state index contributed by atoms with van der Waals surface area (Å²) in [6, 6.07) is 0.693. The predicted molar refractivity (Wildman–Crippen MR) is 70.6 cm³/mol. The highest BCUT2D eigenvalue weighted by molar-refractivity contribution is 4.94. The van der Waals surface area contributed by atoms with Gasteiger partial charge in [0.05, 0.1) is 0 Å². The van der Waals surface area contributed by atoms with E-state index in [1.165, 1.54) is 19.5 Å². The number of nitrogens with zero attached hydrogens (tertiary/aromatic N) is 2. The summed E-state index contributed by atoms with van der Waals surface area (Å²) in [6.45, 7) is 13.4. The lowest BCUT2D eigenvalue weighted by Crippen LogP contribution is -2.63. The van der Waals surface area contributed by atoms with Crippen LogP contribution >= 0.6 is 0 Å². The minimum Gasteiger partial charge on any atom is -0.329 e. The van der Waals surface area contributed by atoms with Crippen LogP contribution in [0.3, 0.4) is 0 Å².